The molecule has 2 aromatic heterocycles. The van der Waals surface area contributed by atoms with Crippen LogP contribution in [0, 0.1) is 5.82 Å². The van der Waals surface area contributed by atoms with Gasteiger partial charge < -0.3 is 24.1 Å². The quantitative estimate of drug-likeness (QED) is 0.481. The first-order chi connectivity index (χ1) is 17.6. The maximum Gasteiger partial charge on any atom is 0.292 e. The Kier molecular flexibility index (Phi) is 9.28. The summed E-state index contributed by atoms with van der Waals surface area (Å²) in [6.07, 6.45) is 1.65. The lowest BCUT2D eigenvalue weighted by atomic mass is 10.0. The number of carbonyl (C=O) groups is 2. The number of aromatic nitrogens is 2. The van der Waals surface area contributed by atoms with Gasteiger partial charge in [-0.1, -0.05) is 0 Å². The first-order valence-electron chi connectivity index (χ1n) is 11.7. The lowest BCUT2D eigenvalue weighted by Crippen LogP contribution is -2.41. The monoisotopic (exact) mass is 520 g/mol. The number of amides is 1. The molecule has 3 aromatic rings. The number of nitrogens with one attached hydrogen (secondary N) is 1. The Labute approximate surface area is 213 Å². The Bertz CT molecular complexity index is 1240. The summed E-state index contributed by atoms with van der Waals surface area (Å²) in [5.41, 5.74) is 2.49. The number of methoxy groups -OCH3 is 1. The Morgan fingerprint density at radius 3 is 2.65 bits per heavy atom. The zero-order valence-electron chi connectivity index (χ0n) is 21.3. The smallest absolute Gasteiger partial charge is 0.292 e. The fourth-order valence-corrected chi connectivity index (χ4v) is 4.22. The fraction of sp³-hybridized carbons (Fsp3) is 0.423. The van der Waals surface area contributed by atoms with Gasteiger partial charge in [-0.3, -0.25) is 9.59 Å². The van der Waals surface area contributed by atoms with Gasteiger partial charge >= 0.3 is 0 Å². The molecule has 0 spiro atoms. The highest BCUT2D eigenvalue weighted by Gasteiger charge is 2.26. The molecule has 1 fully saturated rings. The molecule has 1 aliphatic heterocycles. The van der Waals surface area contributed by atoms with Crippen molar-refractivity contribution in [1.29, 1.82) is 0 Å². The van der Waals surface area contributed by atoms with Crippen molar-refractivity contribution < 1.29 is 32.2 Å². The molecule has 0 aliphatic carbocycles. The highest BCUT2D eigenvalue weighted by molar-refractivity contribution is 5.94. The first-order valence-corrected chi connectivity index (χ1v) is 11.7. The second kappa shape index (κ2) is 12.2. The summed E-state index contributed by atoms with van der Waals surface area (Å²) in [5, 5.41) is 2.48. The molecular formula is C26H31F3N4O4. The van der Waals surface area contributed by atoms with E-state index < -0.39 is 18.2 Å². The predicted octanol–water partition coefficient (Wildman–Crippen LogP) is 3.36. The largest absolute Gasteiger partial charge is 0.471 e. The summed E-state index contributed by atoms with van der Waals surface area (Å²) in [5.74, 6) is -3.82. The molecule has 0 bridgehead atoms. The van der Waals surface area contributed by atoms with Crippen LogP contribution in [-0.4, -0.2) is 79.6 Å². The molecule has 3 heterocycles. The van der Waals surface area contributed by atoms with Crippen LogP contribution in [0.2, 0.25) is 0 Å². The number of pyridine rings is 1. The van der Waals surface area contributed by atoms with E-state index in [4.69, 9.17) is 9.53 Å². The number of nitrogens with zero attached hydrogens (tertiary/aromatic N) is 3. The minimum Gasteiger partial charge on any atom is -0.471 e. The van der Waals surface area contributed by atoms with Gasteiger partial charge in [0.2, 0.25) is 5.92 Å². The van der Waals surface area contributed by atoms with Crippen molar-refractivity contribution in [2.75, 3.05) is 40.9 Å². The molecule has 4 rings (SSSR count). The second-order valence-corrected chi connectivity index (χ2v) is 8.98. The molecule has 37 heavy (non-hydrogen) atoms. The third-order valence-corrected chi connectivity index (χ3v) is 5.88. The van der Waals surface area contributed by atoms with Crippen molar-refractivity contribution in [2.24, 2.45) is 0 Å². The molecule has 1 N–H and O–H groups in total. The third kappa shape index (κ3) is 7.30. The Morgan fingerprint density at radius 2 is 2.05 bits per heavy atom. The van der Waals surface area contributed by atoms with Crippen molar-refractivity contribution in [3.8, 4) is 11.3 Å². The number of alkyl halides is 2. The number of ether oxygens (including phenoxy) is 2. The van der Waals surface area contributed by atoms with Gasteiger partial charge in [0.15, 0.2) is 0 Å². The SMILES string of the molecule is CNC(=O)c1ccc(-c2nc3cc(CC(C)(F)F)ccn3c2CC2CN(C)CCO2)c(F)c1.COC=O. The highest BCUT2D eigenvalue weighted by atomic mass is 19.3. The number of imidazole rings is 1. The molecule has 1 atom stereocenters. The third-order valence-electron chi connectivity index (χ3n) is 5.88. The van der Waals surface area contributed by atoms with Crippen LogP contribution in [0.25, 0.3) is 16.9 Å². The van der Waals surface area contributed by atoms with E-state index in [9.17, 15) is 13.6 Å². The second-order valence-electron chi connectivity index (χ2n) is 8.98. The molecule has 200 valence electrons. The molecule has 0 saturated carbocycles. The fourth-order valence-electron chi connectivity index (χ4n) is 4.22. The molecule has 1 saturated heterocycles. The highest BCUT2D eigenvalue weighted by Crippen LogP contribution is 2.30. The predicted molar refractivity (Wildman–Crippen MR) is 132 cm³/mol. The number of carbonyl (C=O) groups excluding carboxylic acids is 2. The van der Waals surface area contributed by atoms with E-state index in [1.807, 2.05) is 7.05 Å². The van der Waals surface area contributed by atoms with Crippen molar-refractivity contribution in [3.63, 3.8) is 0 Å². The van der Waals surface area contributed by atoms with Crippen LogP contribution in [-0.2, 0) is 27.1 Å². The number of benzene rings is 1. The molecule has 0 radical (unpaired) electrons. The normalized spacial score (nSPS) is 16.1. The minimum absolute atomic E-state index is 0.116. The Balaban J connectivity index is 0.000000886. The topological polar surface area (TPSA) is 85.2 Å². The van der Waals surface area contributed by atoms with E-state index in [1.54, 1.807) is 28.8 Å². The van der Waals surface area contributed by atoms with Gasteiger partial charge in [-0.2, -0.15) is 0 Å². The first kappa shape index (κ1) is 28.1. The number of halogens is 3. The Morgan fingerprint density at radius 1 is 1.32 bits per heavy atom. The zero-order valence-corrected chi connectivity index (χ0v) is 21.3. The van der Waals surface area contributed by atoms with E-state index in [2.05, 4.69) is 19.9 Å². The number of likely N-dealkylation sites (N-methyl/N-ethyl adjacent to an activating group) is 1. The van der Waals surface area contributed by atoms with Gasteiger partial charge in [0.05, 0.1) is 31.2 Å². The van der Waals surface area contributed by atoms with E-state index in [1.165, 1.54) is 26.3 Å². The van der Waals surface area contributed by atoms with Crippen LogP contribution in [0.4, 0.5) is 13.2 Å². The number of hydrogen-bond acceptors (Lipinski definition) is 6. The van der Waals surface area contributed by atoms with Gasteiger partial charge in [-0.25, -0.2) is 18.2 Å². The van der Waals surface area contributed by atoms with E-state index in [0.29, 0.717) is 42.9 Å². The molecule has 8 nitrogen and oxygen atoms in total. The summed E-state index contributed by atoms with van der Waals surface area (Å²) < 4.78 is 53.8. The lowest BCUT2D eigenvalue weighted by Gasteiger charge is -2.30. The van der Waals surface area contributed by atoms with Crippen LogP contribution in [0.3, 0.4) is 0 Å². The number of rotatable bonds is 7. The standard InChI is InChI=1S/C24H27F3N4O2.C2H4O2/c1-24(26,27)13-15-6-7-31-20(12-17-14-30(3)8-9-33-17)22(29-21(31)10-15)18-5-4-16(11-19(18)25)23(32)28-2;1-4-2-3/h4-7,10-11,17H,8-9,12-14H2,1-3H3,(H,28,32);2H,1H3. The number of morpholine rings is 1. The van der Waals surface area contributed by atoms with Crippen LogP contribution in [0.1, 0.15) is 28.5 Å². The van der Waals surface area contributed by atoms with Crippen LogP contribution in [0.5, 0.6) is 0 Å². The van der Waals surface area contributed by atoms with Crippen molar-refractivity contribution >= 4 is 18.0 Å². The van der Waals surface area contributed by atoms with E-state index in [0.717, 1.165) is 19.2 Å². The average Bonchev–Trinajstić information content (AvgIpc) is 3.19. The maximum absolute atomic E-state index is 15.1. The molecule has 11 heteroatoms. The molecule has 1 aromatic carbocycles. The van der Waals surface area contributed by atoms with Gasteiger partial charge in [0.1, 0.15) is 11.5 Å². The van der Waals surface area contributed by atoms with Gasteiger partial charge in [0, 0.05) is 50.3 Å². The van der Waals surface area contributed by atoms with Crippen molar-refractivity contribution in [1.82, 2.24) is 19.6 Å². The lowest BCUT2D eigenvalue weighted by molar-refractivity contribution is -0.126. The summed E-state index contributed by atoms with van der Waals surface area (Å²) in [7, 11) is 4.80. The zero-order chi connectivity index (χ0) is 27.2. The minimum atomic E-state index is -2.85. The van der Waals surface area contributed by atoms with E-state index >= 15 is 4.39 Å². The van der Waals surface area contributed by atoms with Gasteiger partial charge in [-0.05, 0) is 49.9 Å². The van der Waals surface area contributed by atoms with Gasteiger partial charge in [0.25, 0.3) is 12.4 Å². The summed E-state index contributed by atoms with van der Waals surface area (Å²) in [6, 6.07) is 7.49. The van der Waals surface area contributed by atoms with Crippen LogP contribution < -0.4 is 5.32 Å². The maximum atomic E-state index is 15.1. The molecule has 1 aliphatic rings. The summed E-state index contributed by atoms with van der Waals surface area (Å²) >= 11 is 0. The van der Waals surface area contributed by atoms with Crippen LogP contribution in [0.15, 0.2) is 36.5 Å². The number of fused-ring (bicyclic) bond motifs is 1. The number of hydrogen-bond donors (Lipinski definition) is 1. The van der Waals surface area contributed by atoms with E-state index in [-0.39, 0.29) is 23.1 Å². The van der Waals surface area contributed by atoms with Crippen molar-refractivity contribution in [3.05, 3.63) is 59.2 Å². The Hall–Kier alpha value is -3.44. The average molecular weight is 521 g/mol. The molecular weight excluding hydrogens is 489 g/mol. The molecule has 1 amide bonds. The van der Waals surface area contributed by atoms with Crippen LogP contribution >= 0.6 is 0 Å². The van der Waals surface area contributed by atoms with Crippen molar-refractivity contribution in [2.45, 2.75) is 31.8 Å². The van der Waals surface area contributed by atoms with Gasteiger partial charge in [-0.15, -0.1) is 0 Å². The molecule has 1 unspecified atom stereocenters. The summed E-state index contributed by atoms with van der Waals surface area (Å²) in [4.78, 5) is 27.6. The summed E-state index contributed by atoms with van der Waals surface area (Å²) in [6.45, 7) is 3.39.